The average Bonchev–Trinajstić information content (AvgIpc) is 2.33. The van der Waals surface area contributed by atoms with E-state index in [0.717, 1.165) is 25.9 Å². The van der Waals surface area contributed by atoms with Crippen molar-refractivity contribution in [2.75, 3.05) is 20.2 Å². The van der Waals surface area contributed by atoms with Gasteiger partial charge in [-0.15, -0.1) is 0 Å². The lowest BCUT2D eigenvalue weighted by Gasteiger charge is -2.25. The molecule has 1 heterocycles. The van der Waals surface area contributed by atoms with Crippen molar-refractivity contribution in [3.63, 3.8) is 0 Å². The molecule has 3 nitrogen and oxygen atoms in total. The van der Waals surface area contributed by atoms with E-state index < -0.39 is 0 Å². The molecule has 1 fully saturated rings. The summed E-state index contributed by atoms with van der Waals surface area (Å²) in [4.78, 5) is 0. The van der Waals surface area contributed by atoms with Crippen LogP contribution < -0.4 is 14.8 Å². The second-order valence-electron chi connectivity index (χ2n) is 3.86. The van der Waals surface area contributed by atoms with Gasteiger partial charge in [-0.1, -0.05) is 17.7 Å². The number of nitrogens with one attached hydrogen (secondary N) is 1. The smallest absolute Gasteiger partial charge is 0.180 e. The summed E-state index contributed by atoms with van der Waals surface area (Å²) in [5.41, 5.74) is 0. The standard InChI is InChI=1S/C12H16ClNO2/c1-15-11-6-2-5-10(13)12(11)16-9-4-3-7-14-8-9/h2,5-6,9,14H,3-4,7-8H2,1H3. The Morgan fingerprint density at radius 2 is 2.31 bits per heavy atom. The Kier molecular flexibility index (Phi) is 3.91. The molecule has 0 aromatic heterocycles. The summed E-state index contributed by atoms with van der Waals surface area (Å²) in [6.45, 7) is 1.94. The van der Waals surface area contributed by atoms with E-state index >= 15 is 0 Å². The van der Waals surface area contributed by atoms with Crippen LogP contribution in [-0.2, 0) is 0 Å². The molecule has 88 valence electrons. The number of hydrogen-bond donors (Lipinski definition) is 1. The van der Waals surface area contributed by atoms with Gasteiger partial charge < -0.3 is 14.8 Å². The van der Waals surface area contributed by atoms with Crippen molar-refractivity contribution in [2.24, 2.45) is 0 Å². The lowest BCUT2D eigenvalue weighted by Crippen LogP contribution is -2.37. The highest BCUT2D eigenvalue weighted by atomic mass is 35.5. The molecular weight excluding hydrogens is 226 g/mol. The van der Waals surface area contributed by atoms with Crippen LogP contribution >= 0.6 is 11.6 Å². The van der Waals surface area contributed by atoms with Crippen molar-refractivity contribution >= 4 is 11.6 Å². The average molecular weight is 242 g/mol. The van der Waals surface area contributed by atoms with E-state index in [9.17, 15) is 0 Å². The van der Waals surface area contributed by atoms with Gasteiger partial charge in [-0.2, -0.15) is 0 Å². The minimum atomic E-state index is 0.183. The van der Waals surface area contributed by atoms with Gasteiger partial charge in [0.05, 0.1) is 12.1 Å². The van der Waals surface area contributed by atoms with Crippen molar-refractivity contribution in [1.29, 1.82) is 0 Å². The van der Waals surface area contributed by atoms with Gasteiger partial charge in [-0.25, -0.2) is 0 Å². The fraction of sp³-hybridized carbons (Fsp3) is 0.500. The topological polar surface area (TPSA) is 30.5 Å². The maximum absolute atomic E-state index is 6.10. The first-order valence-corrected chi connectivity index (χ1v) is 5.89. The number of rotatable bonds is 3. The Hall–Kier alpha value is -0.930. The summed E-state index contributed by atoms with van der Waals surface area (Å²) in [5.74, 6) is 1.35. The van der Waals surface area contributed by atoms with Crippen LogP contribution in [0, 0.1) is 0 Å². The maximum atomic E-state index is 6.10. The quantitative estimate of drug-likeness (QED) is 0.882. The molecule has 0 amide bonds. The molecule has 4 heteroatoms. The van der Waals surface area contributed by atoms with Crippen molar-refractivity contribution in [1.82, 2.24) is 5.32 Å². The summed E-state index contributed by atoms with van der Waals surface area (Å²) in [6, 6.07) is 5.53. The van der Waals surface area contributed by atoms with Gasteiger partial charge >= 0.3 is 0 Å². The number of methoxy groups -OCH3 is 1. The highest BCUT2D eigenvalue weighted by molar-refractivity contribution is 6.32. The first-order valence-electron chi connectivity index (χ1n) is 5.51. The van der Waals surface area contributed by atoms with Crippen LogP contribution in [0.2, 0.25) is 5.02 Å². The second-order valence-corrected chi connectivity index (χ2v) is 4.26. The predicted octanol–water partition coefficient (Wildman–Crippen LogP) is 2.48. The van der Waals surface area contributed by atoms with E-state index in [1.165, 1.54) is 0 Å². The summed E-state index contributed by atoms with van der Waals surface area (Å²) in [7, 11) is 1.62. The van der Waals surface area contributed by atoms with Gasteiger partial charge in [0.2, 0.25) is 0 Å². The Bertz CT molecular complexity index is 351. The third kappa shape index (κ3) is 2.60. The van der Waals surface area contributed by atoms with E-state index in [-0.39, 0.29) is 6.10 Å². The number of piperidine rings is 1. The molecule has 2 rings (SSSR count). The lowest BCUT2D eigenvalue weighted by atomic mass is 10.1. The van der Waals surface area contributed by atoms with Crippen LogP contribution in [0.15, 0.2) is 18.2 Å². The van der Waals surface area contributed by atoms with Crippen LogP contribution in [0.5, 0.6) is 11.5 Å². The molecule has 1 unspecified atom stereocenters. The second kappa shape index (κ2) is 5.41. The lowest BCUT2D eigenvalue weighted by molar-refractivity contribution is 0.161. The van der Waals surface area contributed by atoms with E-state index in [1.54, 1.807) is 7.11 Å². The summed E-state index contributed by atoms with van der Waals surface area (Å²) >= 11 is 6.10. The first-order chi connectivity index (χ1) is 7.81. The molecule has 0 radical (unpaired) electrons. The zero-order valence-corrected chi connectivity index (χ0v) is 10.1. The highest BCUT2D eigenvalue weighted by Gasteiger charge is 2.18. The first kappa shape index (κ1) is 11.6. The molecule has 1 aliphatic heterocycles. The van der Waals surface area contributed by atoms with Crippen molar-refractivity contribution in [3.05, 3.63) is 23.2 Å². The fourth-order valence-electron chi connectivity index (χ4n) is 1.85. The molecule has 1 aromatic rings. The third-order valence-corrected chi connectivity index (χ3v) is 2.98. The maximum Gasteiger partial charge on any atom is 0.180 e. The molecule has 1 aliphatic rings. The van der Waals surface area contributed by atoms with Gasteiger partial charge in [0.25, 0.3) is 0 Å². The Labute approximate surface area is 101 Å². The van der Waals surface area contributed by atoms with Crippen LogP contribution in [0.1, 0.15) is 12.8 Å². The van der Waals surface area contributed by atoms with Crippen molar-refractivity contribution in [3.8, 4) is 11.5 Å². The van der Waals surface area contributed by atoms with Crippen LogP contribution in [-0.4, -0.2) is 26.3 Å². The Balaban J connectivity index is 2.12. The molecule has 1 saturated heterocycles. The molecule has 16 heavy (non-hydrogen) atoms. The minimum Gasteiger partial charge on any atom is -0.493 e. The van der Waals surface area contributed by atoms with Crippen molar-refractivity contribution < 1.29 is 9.47 Å². The predicted molar refractivity (Wildman–Crippen MR) is 64.5 cm³/mol. The van der Waals surface area contributed by atoms with Gasteiger partial charge in [-0.05, 0) is 31.5 Å². The van der Waals surface area contributed by atoms with Crippen molar-refractivity contribution in [2.45, 2.75) is 18.9 Å². The molecule has 0 aliphatic carbocycles. The van der Waals surface area contributed by atoms with Crippen LogP contribution in [0.25, 0.3) is 0 Å². The number of para-hydroxylation sites is 1. The normalized spacial score (nSPS) is 20.5. The Morgan fingerprint density at radius 1 is 1.44 bits per heavy atom. The zero-order valence-electron chi connectivity index (χ0n) is 9.33. The monoisotopic (exact) mass is 241 g/mol. The molecule has 0 saturated carbocycles. The number of halogens is 1. The van der Waals surface area contributed by atoms with Crippen LogP contribution in [0.3, 0.4) is 0 Å². The Morgan fingerprint density at radius 3 is 3.00 bits per heavy atom. The molecule has 1 N–H and O–H groups in total. The third-order valence-electron chi connectivity index (χ3n) is 2.69. The largest absolute Gasteiger partial charge is 0.493 e. The van der Waals surface area contributed by atoms with E-state index in [0.29, 0.717) is 16.5 Å². The molecule has 1 atom stereocenters. The zero-order chi connectivity index (χ0) is 11.4. The van der Waals surface area contributed by atoms with Gasteiger partial charge in [-0.3, -0.25) is 0 Å². The highest BCUT2D eigenvalue weighted by Crippen LogP contribution is 2.35. The van der Waals surface area contributed by atoms with E-state index in [4.69, 9.17) is 21.1 Å². The number of hydrogen-bond acceptors (Lipinski definition) is 3. The number of benzene rings is 1. The molecule has 0 spiro atoms. The van der Waals surface area contributed by atoms with E-state index in [2.05, 4.69) is 5.32 Å². The summed E-state index contributed by atoms with van der Waals surface area (Å²) in [6.07, 6.45) is 2.38. The van der Waals surface area contributed by atoms with Gasteiger partial charge in [0, 0.05) is 6.54 Å². The SMILES string of the molecule is COc1cccc(Cl)c1OC1CCCNC1. The number of ether oxygens (including phenoxy) is 2. The van der Waals surface area contributed by atoms with Crippen LogP contribution in [0.4, 0.5) is 0 Å². The molecule has 0 bridgehead atoms. The van der Waals surface area contributed by atoms with Gasteiger partial charge in [0.15, 0.2) is 11.5 Å². The van der Waals surface area contributed by atoms with Gasteiger partial charge in [0.1, 0.15) is 6.10 Å². The molecular formula is C12H16ClNO2. The molecule has 1 aromatic carbocycles. The minimum absolute atomic E-state index is 0.183. The fourth-order valence-corrected chi connectivity index (χ4v) is 2.06. The summed E-state index contributed by atoms with van der Waals surface area (Å²) in [5, 5.41) is 3.90. The van der Waals surface area contributed by atoms with E-state index in [1.807, 2.05) is 18.2 Å². The summed E-state index contributed by atoms with van der Waals surface area (Å²) < 4.78 is 11.1.